The molecule has 0 spiro atoms. The van der Waals surface area contributed by atoms with E-state index in [0.29, 0.717) is 5.88 Å². The molecule has 0 aliphatic carbocycles. The van der Waals surface area contributed by atoms with E-state index in [1.807, 2.05) is 6.07 Å². The fraction of sp³-hybridized carbons (Fsp3) is 0.231. The molecule has 0 N–H and O–H groups in total. The molecule has 1 heterocycles. The third-order valence-electron chi connectivity index (χ3n) is 2.53. The van der Waals surface area contributed by atoms with Crippen molar-refractivity contribution in [2.45, 2.75) is 11.2 Å². The predicted molar refractivity (Wildman–Crippen MR) is 83.1 cm³/mol. The minimum Gasteiger partial charge on any atom is -0.481 e. The van der Waals surface area contributed by atoms with Gasteiger partial charge in [-0.25, -0.2) is 9.97 Å². The summed E-state index contributed by atoms with van der Waals surface area (Å²) in [5.74, 6) is 0.599. The van der Waals surface area contributed by atoms with Gasteiger partial charge in [0.15, 0.2) is 0 Å². The van der Waals surface area contributed by atoms with Crippen molar-refractivity contribution in [3.63, 3.8) is 0 Å². The number of methoxy groups -OCH3 is 1. The van der Waals surface area contributed by atoms with Gasteiger partial charge in [0.1, 0.15) is 6.33 Å². The zero-order valence-electron chi connectivity index (χ0n) is 9.81. The molecular weight excluding hydrogens is 407 g/mol. The van der Waals surface area contributed by atoms with Gasteiger partial charge in [0.25, 0.3) is 0 Å². The Morgan fingerprint density at radius 2 is 2.00 bits per heavy atom. The first-order valence-electron chi connectivity index (χ1n) is 5.43. The van der Waals surface area contributed by atoms with Crippen LogP contribution in [0.25, 0.3) is 0 Å². The van der Waals surface area contributed by atoms with Gasteiger partial charge in [-0.05, 0) is 40.3 Å². The van der Waals surface area contributed by atoms with E-state index in [0.717, 1.165) is 12.1 Å². The largest absolute Gasteiger partial charge is 0.481 e. The lowest BCUT2D eigenvalue weighted by molar-refractivity contribution is 0.396. The number of aromatic nitrogens is 2. The molecule has 94 valence electrons. The molecule has 0 amide bonds. The number of alkyl halides is 1. The molecule has 1 aromatic carbocycles. The highest BCUT2D eigenvalue weighted by Gasteiger charge is 2.10. The second-order valence-corrected chi connectivity index (χ2v) is 6.13. The Morgan fingerprint density at radius 1 is 1.28 bits per heavy atom. The van der Waals surface area contributed by atoms with Crippen molar-refractivity contribution in [2.75, 3.05) is 7.11 Å². The van der Waals surface area contributed by atoms with Gasteiger partial charge in [0.2, 0.25) is 5.88 Å². The third-order valence-corrected chi connectivity index (χ3v) is 4.10. The summed E-state index contributed by atoms with van der Waals surface area (Å²) >= 11 is 5.99. The molecule has 5 heteroatoms. The third kappa shape index (κ3) is 3.65. The van der Waals surface area contributed by atoms with Crippen LogP contribution in [0.1, 0.15) is 16.1 Å². The summed E-state index contributed by atoms with van der Waals surface area (Å²) in [5.41, 5.74) is 2.20. The molecule has 2 rings (SSSR count). The van der Waals surface area contributed by atoms with Gasteiger partial charge in [0, 0.05) is 26.6 Å². The van der Waals surface area contributed by atoms with Gasteiger partial charge < -0.3 is 4.74 Å². The van der Waals surface area contributed by atoms with Crippen molar-refractivity contribution < 1.29 is 4.74 Å². The molecule has 0 radical (unpaired) electrons. The summed E-state index contributed by atoms with van der Waals surface area (Å²) in [6, 6.07) is 10.3. The molecule has 0 aliphatic rings. The summed E-state index contributed by atoms with van der Waals surface area (Å²) < 4.78 is 6.33. The predicted octanol–water partition coefficient (Wildman–Crippen LogP) is 3.77. The van der Waals surface area contributed by atoms with E-state index in [-0.39, 0.29) is 4.83 Å². The summed E-state index contributed by atoms with van der Waals surface area (Å²) in [5, 5.41) is 0. The highest BCUT2D eigenvalue weighted by Crippen LogP contribution is 2.27. The number of rotatable bonds is 4. The highest BCUT2D eigenvalue weighted by atomic mass is 127. The van der Waals surface area contributed by atoms with Crippen LogP contribution in [-0.4, -0.2) is 17.1 Å². The van der Waals surface area contributed by atoms with Crippen molar-refractivity contribution in [3.05, 3.63) is 51.5 Å². The number of hydrogen-bond acceptors (Lipinski definition) is 3. The average Bonchev–Trinajstić information content (AvgIpc) is 2.39. The first-order chi connectivity index (χ1) is 8.69. The smallest absolute Gasteiger partial charge is 0.216 e. The zero-order chi connectivity index (χ0) is 13.0. The SMILES string of the molecule is COc1cc(CC(Br)c2ccc(I)cc2)ncn1. The molecule has 0 aliphatic heterocycles. The fourth-order valence-electron chi connectivity index (χ4n) is 1.57. The van der Waals surface area contributed by atoms with Gasteiger partial charge in [-0.15, -0.1) is 0 Å². The topological polar surface area (TPSA) is 35.0 Å². The molecule has 0 saturated heterocycles. The molecule has 1 atom stereocenters. The first-order valence-corrected chi connectivity index (χ1v) is 7.43. The van der Waals surface area contributed by atoms with Crippen molar-refractivity contribution in [3.8, 4) is 5.88 Å². The molecular formula is C13H12BrIN2O. The van der Waals surface area contributed by atoms with Gasteiger partial charge in [-0.3, -0.25) is 0 Å². The standard InChI is InChI=1S/C13H12BrIN2O/c1-18-13-7-11(16-8-17-13)6-12(14)9-2-4-10(15)5-3-9/h2-5,7-8,12H,6H2,1H3. The van der Waals surface area contributed by atoms with Crippen LogP contribution >= 0.6 is 38.5 Å². The molecule has 0 bridgehead atoms. The summed E-state index contributed by atoms with van der Waals surface area (Å²) in [6.45, 7) is 0. The monoisotopic (exact) mass is 418 g/mol. The van der Waals surface area contributed by atoms with E-state index in [2.05, 4.69) is 72.8 Å². The lowest BCUT2D eigenvalue weighted by Crippen LogP contribution is -1.99. The van der Waals surface area contributed by atoms with Crippen LogP contribution in [-0.2, 0) is 6.42 Å². The van der Waals surface area contributed by atoms with Crippen LogP contribution in [0, 0.1) is 3.57 Å². The van der Waals surface area contributed by atoms with Crippen molar-refractivity contribution >= 4 is 38.5 Å². The maximum absolute atomic E-state index is 5.09. The Kier molecular flexibility index (Phi) is 4.94. The maximum atomic E-state index is 5.09. The molecule has 18 heavy (non-hydrogen) atoms. The first kappa shape index (κ1) is 13.7. The molecule has 2 aromatic rings. The van der Waals surface area contributed by atoms with E-state index >= 15 is 0 Å². The van der Waals surface area contributed by atoms with Crippen LogP contribution < -0.4 is 4.74 Å². The van der Waals surface area contributed by atoms with Gasteiger partial charge >= 0.3 is 0 Å². The quantitative estimate of drug-likeness (QED) is 0.560. The van der Waals surface area contributed by atoms with Crippen molar-refractivity contribution in [1.29, 1.82) is 0 Å². The number of ether oxygens (including phenoxy) is 1. The number of hydrogen-bond donors (Lipinski definition) is 0. The van der Waals surface area contributed by atoms with E-state index in [4.69, 9.17) is 4.74 Å². The Bertz CT molecular complexity index is 519. The fourth-order valence-corrected chi connectivity index (χ4v) is 2.57. The molecule has 0 fully saturated rings. The lowest BCUT2D eigenvalue weighted by atomic mass is 10.1. The number of benzene rings is 1. The summed E-state index contributed by atoms with van der Waals surface area (Å²) in [7, 11) is 1.61. The average molecular weight is 419 g/mol. The zero-order valence-corrected chi connectivity index (χ0v) is 13.6. The molecule has 1 aromatic heterocycles. The number of halogens is 2. The minimum absolute atomic E-state index is 0.245. The van der Waals surface area contributed by atoms with Crippen molar-refractivity contribution in [1.82, 2.24) is 9.97 Å². The summed E-state index contributed by atoms with van der Waals surface area (Å²) in [6.07, 6.45) is 2.33. The lowest BCUT2D eigenvalue weighted by Gasteiger charge is -2.10. The van der Waals surface area contributed by atoms with Crippen LogP contribution in [0.15, 0.2) is 36.7 Å². The van der Waals surface area contributed by atoms with E-state index in [9.17, 15) is 0 Å². The van der Waals surface area contributed by atoms with E-state index in [1.54, 1.807) is 7.11 Å². The normalized spacial score (nSPS) is 12.2. The maximum Gasteiger partial charge on any atom is 0.216 e. The van der Waals surface area contributed by atoms with Crippen molar-refractivity contribution in [2.24, 2.45) is 0 Å². The molecule has 3 nitrogen and oxygen atoms in total. The summed E-state index contributed by atoms with van der Waals surface area (Å²) in [4.78, 5) is 8.49. The van der Waals surface area contributed by atoms with Crippen LogP contribution in [0.4, 0.5) is 0 Å². The second kappa shape index (κ2) is 6.47. The van der Waals surface area contributed by atoms with Gasteiger partial charge in [-0.1, -0.05) is 28.1 Å². The number of nitrogens with zero attached hydrogens (tertiary/aromatic N) is 2. The van der Waals surface area contributed by atoms with Crippen LogP contribution in [0.2, 0.25) is 0 Å². The van der Waals surface area contributed by atoms with Gasteiger partial charge in [-0.2, -0.15) is 0 Å². The highest BCUT2D eigenvalue weighted by molar-refractivity contribution is 14.1. The Balaban J connectivity index is 2.10. The van der Waals surface area contributed by atoms with Crippen LogP contribution in [0.5, 0.6) is 5.88 Å². The Labute approximate surface area is 128 Å². The van der Waals surface area contributed by atoms with Gasteiger partial charge in [0.05, 0.1) is 7.11 Å². The van der Waals surface area contributed by atoms with E-state index in [1.165, 1.54) is 15.5 Å². The van der Waals surface area contributed by atoms with Crippen LogP contribution in [0.3, 0.4) is 0 Å². The Hall–Kier alpha value is -0.690. The molecule has 0 saturated carbocycles. The molecule has 1 unspecified atom stereocenters. The second-order valence-electron chi connectivity index (χ2n) is 3.77. The Morgan fingerprint density at radius 3 is 2.67 bits per heavy atom. The minimum atomic E-state index is 0.245. The van der Waals surface area contributed by atoms with E-state index < -0.39 is 0 Å².